The van der Waals surface area contributed by atoms with Crippen LogP contribution >= 0.6 is 0 Å². The van der Waals surface area contributed by atoms with Gasteiger partial charge in [-0.25, -0.2) is 73.0 Å². The van der Waals surface area contributed by atoms with Gasteiger partial charge in [-0.2, -0.15) is 31.3 Å². The molecule has 0 aliphatic carbocycles. The molecule has 5 atom stereocenters. The lowest BCUT2D eigenvalue weighted by molar-refractivity contribution is -0.138. The number of ether oxygens (including phenoxy) is 6. The number of halogens is 6. The Morgan fingerprint density at radius 2 is 0.864 bits per heavy atom. The molecule has 704 valence electrons. The van der Waals surface area contributed by atoms with Gasteiger partial charge in [0.2, 0.25) is 11.9 Å². The molecule has 0 fully saturated rings. The average Bonchev–Trinajstić information content (AvgIpc) is 1.62. The van der Waals surface area contributed by atoms with E-state index in [2.05, 4.69) is 55.8 Å². The lowest BCUT2D eigenvalue weighted by Crippen LogP contribution is -2.33. The first-order valence-electron chi connectivity index (χ1n) is 44.3. The number of amides is 1. The Morgan fingerprint density at radius 1 is 0.462 bits per heavy atom. The lowest BCUT2D eigenvalue weighted by Gasteiger charge is -2.22. The van der Waals surface area contributed by atoms with Crippen molar-refractivity contribution in [2.24, 2.45) is 0 Å². The molecule has 0 spiro atoms. The summed E-state index contributed by atoms with van der Waals surface area (Å²) >= 11 is 0. The second-order valence-electron chi connectivity index (χ2n) is 31.7. The SMILES string of the molecule is CCc1cnc(N(CC)CC)nc1N[C@@H](Cc1ccc(-n2c(=O)n(CCOCCOCC(COCCOCCn3c(=O)n(-c4ccc(C[C@H](Nc5nc(C(CC)CC)ncc5CC(F)(F)F)C(=O)O)cc4)c4ncccc43)OCCOCCC3C(=O)N(c4ccc(C[C@H](Nc5nc(C(CC)CC)ncc5CC(F)(F)F)C(=O)O)cc4)c4ncccc43)c3cccnc32)cc1)C(=O)O. The van der Waals surface area contributed by atoms with Gasteiger partial charge in [0, 0.05) is 110 Å². The van der Waals surface area contributed by atoms with Crippen molar-refractivity contribution in [3.63, 3.8) is 0 Å². The number of aromatic nitrogens is 13. The van der Waals surface area contributed by atoms with Crippen molar-refractivity contribution < 1.29 is 89.3 Å². The van der Waals surface area contributed by atoms with Crippen molar-refractivity contribution in [1.82, 2.24) is 63.1 Å². The van der Waals surface area contributed by atoms with Crippen molar-refractivity contribution in [1.29, 1.82) is 0 Å². The first-order valence-corrected chi connectivity index (χ1v) is 44.3. The zero-order valence-electron chi connectivity index (χ0n) is 74.5. The van der Waals surface area contributed by atoms with Crippen LogP contribution in [0, 0.1) is 0 Å². The van der Waals surface area contributed by atoms with Gasteiger partial charge < -0.3 is 64.6 Å². The smallest absolute Gasteiger partial charge is 0.393 e. The van der Waals surface area contributed by atoms with Gasteiger partial charge in [0.05, 0.1) is 126 Å². The third-order valence-corrected chi connectivity index (χ3v) is 23.0. The number of nitrogens with zero attached hydrogens (tertiary/aromatic N) is 15. The number of hydrogen-bond acceptors (Lipinski definition) is 25. The first-order chi connectivity index (χ1) is 63.6. The predicted octanol–water partition coefficient (Wildman–Crippen LogP) is 13.2. The number of carboxylic acids is 3. The van der Waals surface area contributed by atoms with Gasteiger partial charge in [0.1, 0.15) is 59.1 Å². The fraction of sp³-hybridized carbons (Fsp3) is 0.452. The molecule has 1 aliphatic heterocycles. The second kappa shape index (κ2) is 46.4. The van der Waals surface area contributed by atoms with E-state index in [1.807, 2.05) is 59.4 Å². The van der Waals surface area contributed by atoms with Gasteiger partial charge in [0.15, 0.2) is 11.3 Å². The summed E-state index contributed by atoms with van der Waals surface area (Å²) in [4.78, 5) is 125. The molecule has 0 bridgehead atoms. The van der Waals surface area contributed by atoms with Crippen LogP contribution in [0.1, 0.15) is 149 Å². The van der Waals surface area contributed by atoms with Crippen LogP contribution in [-0.2, 0) is 99.2 Å². The first kappa shape index (κ1) is 98.3. The molecule has 33 nitrogen and oxygen atoms in total. The molecule has 11 aromatic rings. The van der Waals surface area contributed by atoms with Crippen molar-refractivity contribution in [2.75, 3.05) is 112 Å². The number of pyridine rings is 3. The minimum atomic E-state index is -4.61. The lowest BCUT2D eigenvalue weighted by atomic mass is 9.99. The van der Waals surface area contributed by atoms with E-state index in [1.54, 1.807) is 132 Å². The van der Waals surface area contributed by atoms with Gasteiger partial charge in [0.25, 0.3) is 0 Å². The normalized spacial score (nSPS) is 13.9. The largest absolute Gasteiger partial charge is 0.480 e. The van der Waals surface area contributed by atoms with Crippen LogP contribution in [-0.4, -0.2) is 225 Å². The molecular formula is C93H110F6N18O15. The van der Waals surface area contributed by atoms with Gasteiger partial charge >= 0.3 is 41.6 Å². The Kier molecular flexibility index (Phi) is 34.6. The monoisotopic (exact) mass is 1830 g/mol. The summed E-state index contributed by atoms with van der Waals surface area (Å²) in [5, 5.41) is 39.8. The number of fused-ring (bicyclic) bond motifs is 3. The molecule has 0 radical (unpaired) electrons. The molecule has 12 rings (SSSR count). The predicted molar refractivity (Wildman–Crippen MR) is 481 cm³/mol. The number of carbonyl (C=O) groups is 4. The maximum absolute atomic E-state index is 14.4. The third-order valence-electron chi connectivity index (χ3n) is 23.0. The molecule has 9 heterocycles. The molecule has 6 N–H and O–H groups in total. The second-order valence-corrected chi connectivity index (χ2v) is 31.7. The van der Waals surface area contributed by atoms with Gasteiger partial charge in [-0.1, -0.05) is 77.1 Å². The summed E-state index contributed by atoms with van der Waals surface area (Å²) in [5.74, 6) is -3.41. The fourth-order valence-electron chi connectivity index (χ4n) is 15.8. The maximum atomic E-state index is 14.4. The number of hydrogen-bond donors (Lipinski definition) is 6. The third kappa shape index (κ3) is 25.3. The van der Waals surface area contributed by atoms with Crippen LogP contribution in [0.4, 0.5) is 61.2 Å². The minimum absolute atomic E-state index is 0.0356. The van der Waals surface area contributed by atoms with Crippen LogP contribution in [0.5, 0.6) is 0 Å². The number of imidazole rings is 2. The summed E-state index contributed by atoms with van der Waals surface area (Å²) in [6, 6.07) is 26.8. The highest BCUT2D eigenvalue weighted by Gasteiger charge is 2.40. The van der Waals surface area contributed by atoms with E-state index in [-0.39, 0.29) is 158 Å². The molecule has 8 aromatic heterocycles. The number of benzene rings is 3. The standard InChI is InChI=1S/C93H110F6N18O15/c1-8-61(9-2)77-103-54-64(51-92(94,95)96)80(109-77)107-73(87(121)122)49-58-21-27-66(28-22-58)115-82-70(18-15-34-100-82)71(85(115)118)33-39-127-46-47-132-69(56-130-44-42-128-40-37-113-75-19-16-35-101-83(75)116(90(113)125)67-29-23-59(24-30-67)48-72(86(119)120)106-79-63(12-5)53-105-89(111-79)112(13-6)14-7)57-131-45-43-129-41-38-114-76-20-17-36-102-84(76)117(91(114)126)68-31-25-60(26-32-68)50-74(88(123)124)108-81-65(52-93(97,98)99)55-104-78(110-81)62(10-3)11-4/h15-32,34-36,53-55,61-62,69,71-74H,8-14,33,37-52,56-57H2,1-7H3,(H,119,120)(H,121,122)(H,123,124)(H,103,107,109)(H,104,108,110)(H,105,106,111)/t69?,71?,72-,73-,74-/m0/s1. The minimum Gasteiger partial charge on any atom is -0.480 e. The molecule has 1 aliphatic rings. The van der Waals surface area contributed by atoms with Gasteiger partial charge in [-0.3, -0.25) is 18.8 Å². The Morgan fingerprint density at radius 3 is 1.29 bits per heavy atom. The average molecular weight is 1830 g/mol. The number of carboxylic acid groups (broad SMARTS) is 3. The van der Waals surface area contributed by atoms with Crippen molar-refractivity contribution >= 4 is 81.1 Å². The molecule has 0 saturated carbocycles. The Labute approximate surface area is 757 Å². The van der Waals surface area contributed by atoms with Gasteiger partial charge in [-0.15, -0.1) is 0 Å². The number of nitrogens with one attached hydrogen (secondary N) is 3. The van der Waals surface area contributed by atoms with E-state index in [0.29, 0.717) is 136 Å². The molecule has 1 amide bonds. The number of aliphatic carboxylic acids is 3. The van der Waals surface area contributed by atoms with Crippen molar-refractivity contribution in [3.8, 4) is 11.4 Å². The topological polar surface area (TPSA) is 397 Å². The van der Waals surface area contributed by atoms with E-state index in [9.17, 15) is 70.4 Å². The zero-order chi connectivity index (χ0) is 94.2. The van der Waals surface area contributed by atoms with E-state index in [0.717, 1.165) is 18.0 Å². The van der Waals surface area contributed by atoms with E-state index >= 15 is 0 Å². The highest BCUT2D eigenvalue weighted by Crippen LogP contribution is 2.43. The Hall–Kier alpha value is -12.7. The van der Waals surface area contributed by atoms with E-state index in [1.165, 1.54) is 18.6 Å². The summed E-state index contributed by atoms with van der Waals surface area (Å²) < 4.78 is 125. The molecular weight excluding hydrogens is 1720 g/mol. The Bertz CT molecular complexity index is 5810. The highest BCUT2D eigenvalue weighted by atomic mass is 19.4. The molecule has 2 unspecified atom stereocenters. The number of aryl methyl sites for hydroxylation is 1. The van der Waals surface area contributed by atoms with Crippen LogP contribution in [0.3, 0.4) is 0 Å². The van der Waals surface area contributed by atoms with Crippen LogP contribution < -0.4 is 37.1 Å². The summed E-state index contributed by atoms with van der Waals surface area (Å²) in [7, 11) is 0. The number of anilines is 6. The van der Waals surface area contributed by atoms with Crippen molar-refractivity contribution in [2.45, 2.75) is 187 Å². The van der Waals surface area contributed by atoms with E-state index in [4.69, 9.17) is 33.4 Å². The maximum Gasteiger partial charge on any atom is 0.393 e. The summed E-state index contributed by atoms with van der Waals surface area (Å²) in [6.45, 7) is 16.2. The number of rotatable bonds is 53. The van der Waals surface area contributed by atoms with Crippen LogP contribution in [0.25, 0.3) is 33.7 Å². The highest BCUT2D eigenvalue weighted by molar-refractivity contribution is 6.09. The van der Waals surface area contributed by atoms with Crippen LogP contribution in [0.2, 0.25) is 0 Å². The Balaban J connectivity index is 0.656. The number of carbonyl (C=O) groups excluding carboxylic acids is 1. The van der Waals surface area contributed by atoms with Gasteiger partial charge in [-0.05, 0) is 136 Å². The fourth-order valence-corrected chi connectivity index (χ4v) is 15.8. The van der Waals surface area contributed by atoms with Crippen LogP contribution in [0.15, 0.2) is 156 Å². The molecule has 0 saturated heterocycles. The van der Waals surface area contributed by atoms with E-state index < -0.39 is 78.9 Å². The summed E-state index contributed by atoms with van der Waals surface area (Å²) in [6.07, 6.45) is -0.869. The van der Waals surface area contributed by atoms with Crippen molar-refractivity contribution in [3.05, 3.63) is 218 Å². The molecule has 3 aromatic carbocycles. The molecule has 39 heteroatoms. The molecule has 132 heavy (non-hydrogen) atoms. The summed E-state index contributed by atoms with van der Waals surface area (Å²) in [5.41, 5.74) is 4.94. The number of alkyl halides is 6. The quantitative estimate of drug-likeness (QED) is 0.0152. The zero-order valence-corrected chi connectivity index (χ0v) is 74.5.